The van der Waals surface area contributed by atoms with E-state index in [9.17, 15) is 22.4 Å². The van der Waals surface area contributed by atoms with E-state index in [0.29, 0.717) is 24.8 Å². The third kappa shape index (κ3) is 5.90. The van der Waals surface area contributed by atoms with Gasteiger partial charge in [-0.2, -0.15) is 18.3 Å². The van der Waals surface area contributed by atoms with E-state index in [2.05, 4.69) is 21.4 Å². The van der Waals surface area contributed by atoms with E-state index >= 15 is 4.39 Å². The van der Waals surface area contributed by atoms with Crippen LogP contribution in [0.3, 0.4) is 0 Å². The number of nitrogens with one attached hydrogen (secondary N) is 3. The van der Waals surface area contributed by atoms with Crippen LogP contribution in [-0.2, 0) is 13.2 Å². The van der Waals surface area contributed by atoms with Gasteiger partial charge < -0.3 is 15.6 Å². The quantitative estimate of drug-likeness (QED) is 0.353. The van der Waals surface area contributed by atoms with Crippen molar-refractivity contribution >= 4 is 28.7 Å². The number of hydrazine groups is 2. The van der Waals surface area contributed by atoms with Crippen LogP contribution in [0.25, 0.3) is 5.70 Å². The summed E-state index contributed by atoms with van der Waals surface area (Å²) in [6, 6.07) is 6.70. The van der Waals surface area contributed by atoms with E-state index in [1.807, 2.05) is 32.0 Å². The van der Waals surface area contributed by atoms with Crippen molar-refractivity contribution in [3.8, 4) is 0 Å². The fraction of sp³-hybridized carbons (Fsp3) is 0.357. The first-order chi connectivity index (χ1) is 20.0. The molecule has 42 heavy (non-hydrogen) atoms. The van der Waals surface area contributed by atoms with Crippen molar-refractivity contribution in [2.45, 2.75) is 20.0 Å². The Morgan fingerprint density at radius 1 is 1.07 bits per heavy atom. The number of aromatic nitrogens is 2. The summed E-state index contributed by atoms with van der Waals surface area (Å²) in [5.74, 6) is -2.06. The lowest BCUT2D eigenvalue weighted by molar-refractivity contribution is -0.139. The van der Waals surface area contributed by atoms with Crippen LogP contribution in [-0.4, -0.2) is 60.0 Å². The highest BCUT2D eigenvalue weighted by Gasteiger charge is 2.37. The van der Waals surface area contributed by atoms with E-state index < -0.39 is 30.1 Å². The Balaban J connectivity index is 1.40. The number of nitrogens with zero attached hydrogens (tertiary/aromatic N) is 5. The number of hydrogen-bond donors (Lipinski definition) is 3. The second kappa shape index (κ2) is 11.6. The molecule has 0 radical (unpaired) electrons. The number of piperazine rings is 1. The first-order valence-corrected chi connectivity index (χ1v) is 13.3. The summed E-state index contributed by atoms with van der Waals surface area (Å²) >= 11 is 0. The van der Waals surface area contributed by atoms with Crippen molar-refractivity contribution in [3.05, 3.63) is 76.5 Å². The highest BCUT2D eigenvalue weighted by molar-refractivity contribution is 6.05. The van der Waals surface area contributed by atoms with Gasteiger partial charge in [0.15, 0.2) is 5.82 Å². The first kappa shape index (κ1) is 29.3. The van der Waals surface area contributed by atoms with Crippen LogP contribution in [0, 0.1) is 19.7 Å². The van der Waals surface area contributed by atoms with Crippen molar-refractivity contribution in [1.29, 1.82) is 0 Å². The summed E-state index contributed by atoms with van der Waals surface area (Å²) < 4.78 is 71.0. The topological polar surface area (TPSA) is 80.7 Å². The maximum atomic E-state index is 15.1. The van der Waals surface area contributed by atoms with Gasteiger partial charge >= 0.3 is 6.18 Å². The van der Waals surface area contributed by atoms with Crippen molar-refractivity contribution < 1.29 is 26.7 Å². The normalized spacial score (nSPS) is 16.0. The van der Waals surface area contributed by atoms with Gasteiger partial charge in [0.25, 0.3) is 5.91 Å². The average Bonchev–Trinajstić information content (AvgIpc) is 3.56. The fourth-order valence-electron chi connectivity index (χ4n) is 5.01. The number of carbonyl (C=O) groups excluding carboxylic acids is 1. The Labute approximate surface area is 239 Å². The zero-order chi connectivity index (χ0) is 30.2. The molecule has 1 aromatic heterocycles. The molecule has 3 N–H and O–H groups in total. The van der Waals surface area contributed by atoms with Crippen molar-refractivity contribution in [1.82, 2.24) is 25.6 Å². The largest absolute Gasteiger partial charge is 0.419 e. The third-order valence-corrected chi connectivity index (χ3v) is 7.56. The fourth-order valence-corrected chi connectivity index (χ4v) is 5.01. The number of carbonyl (C=O) groups is 1. The van der Waals surface area contributed by atoms with E-state index in [-0.39, 0.29) is 36.6 Å². The maximum absolute atomic E-state index is 15.1. The van der Waals surface area contributed by atoms with E-state index in [4.69, 9.17) is 0 Å². The molecule has 224 valence electrons. The van der Waals surface area contributed by atoms with Crippen molar-refractivity contribution in [2.24, 2.45) is 7.05 Å². The number of aryl methyl sites for hydroxylation is 2. The zero-order valence-electron chi connectivity index (χ0n) is 23.3. The molecule has 0 spiro atoms. The molecule has 0 atom stereocenters. The predicted octanol–water partition coefficient (Wildman–Crippen LogP) is 4.37. The summed E-state index contributed by atoms with van der Waals surface area (Å²) in [6.07, 6.45) is -1.44. The molecule has 3 heterocycles. The van der Waals surface area contributed by atoms with Gasteiger partial charge in [-0.3, -0.25) is 19.4 Å². The molecule has 3 aromatic rings. The molecule has 2 aliphatic heterocycles. The van der Waals surface area contributed by atoms with E-state index in [0.717, 1.165) is 22.5 Å². The van der Waals surface area contributed by atoms with E-state index in [1.165, 1.54) is 11.0 Å². The lowest BCUT2D eigenvalue weighted by Gasteiger charge is -2.36. The molecule has 2 aliphatic rings. The second-order valence-corrected chi connectivity index (χ2v) is 10.2. The lowest BCUT2D eigenvalue weighted by atomic mass is 10.1. The molecule has 1 fully saturated rings. The first-order valence-electron chi connectivity index (χ1n) is 13.3. The van der Waals surface area contributed by atoms with Gasteiger partial charge in [0.2, 0.25) is 0 Å². The summed E-state index contributed by atoms with van der Waals surface area (Å²) in [5, 5.41) is 8.45. The SMILES string of the molecule is Cc1ccc(C(=O)Nc2cc(N3CCN(CCF)CC3)c(F)c(C(F)(F)F)c2)cc1N1C=C(c2cnn(C)c2C)NN1. The van der Waals surface area contributed by atoms with Crippen LogP contribution in [0.15, 0.2) is 42.7 Å². The van der Waals surface area contributed by atoms with Gasteiger partial charge in [-0.25, -0.2) is 8.78 Å². The van der Waals surface area contributed by atoms with Crippen LogP contribution in [0.4, 0.5) is 39.0 Å². The van der Waals surface area contributed by atoms with Crippen LogP contribution in [0.5, 0.6) is 0 Å². The molecular formula is C28H31F5N8O. The average molecular weight is 591 g/mol. The highest BCUT2D eigenvalue weighted by Crippen LogP contribution is 2.38. The smallest absolute Gasteiger partial charge is 0.367 e. The molecule has 5 rings (SSSR count). The molecule has 1 saturated heterocycles. The molecule has 0 saturated carbocycles. The zero-order valence-corrected chi connectivity index (χ0v) is 23.3. The Bertz CT molecular complexity index is 1510. The summed E-state index contributed by atoms with van der Waals surface area (Å²) in [5.41, 5.74) is 8.43. The number of amides is 1. The number of rotatable bonds is 7. The van der Waals surface area contributed by atoms with E-state index in [1.54, 1.807) is 34.1 Å². The molecule has 1 amide bonds. The number of halogens is 5. The Morgan fingerprint density at radius 3 is 2.45 bits per heavy atom. The third-order valence-electron chi connectivity index (χ3n) is 7.56. The Hall–Kier alpha value is -4.17. The summed E-state index contributed by atoms with van der Waals surface area (Å²) in [4.78, 5) is 16.6. The van der Waals surface area contributed by atoms with Gasteiger partial charge in [0, 0.05) is 68.5 Å². The van der Waals surface area contributed by atoms with Gasteiger partial charge in [0.1, 0.15) is 6.67 Å². The molecule has 2 aromatic carbocycles. The highest BCUT2D eigenvalue weighted by atomic mass is 19.4. The van der Waals surface area contributed by atoms with Crippen molar-refractivity contribution in [3.63, 3.8) is 0 Å². The summed E-state index contributed by atoms with van der Waals surface area (Å²) in [6.45, 7) is 4.65. The Morgan fingerprint density at radius 2 is 1.81 bits per heavy atom. The number of alkyl halides is 4. The lowest BCUT2D eigenvalue weighted by Crippen LogP contribution is -2.47. The minimum atomic E-state index is -4.97. The van der Waals surface area contributed by atoms with Crippen LogP contribution >= 0.6 is 0 Å². The Kier molecular flexibility index (Phi) is 8.10. The molecule has 9 nitrogen and oxygen atoms in total. The van der Waals surface area contributed by atoms with Crippen LogP contribution < -0.4 is 26.2 Å². The molecule has 14 heteroatoms. The monoisotopic (exact) mass is 590 g/mol. The minimum absolute atomic E-state index is 0.188. The van der Waals surface area contributed by atoms with Crippen LogP contribution in [0.1, 0.15) is 32.7 Å². The maximum Gasteiger partial charge on any atom is 0.419 e. The standard InChI is InChI=1S/C28H31F5N8O/c1-17-4-5-19(12-24(17)41-16-23(36-37-41)21-15-34-38(3)18(21)2)27(42)35-20-13-22(28(31,32)33)26(30)25(14-20)40-10-8-39(7-6-29)9-11-40/h4-5,12-16,36-37H,6-11H2,1-3H3,(H,35,42). The molecular weight excluding hydrogens is 559 g/mol. The van der Waals surface area contributed by atoms with Gasteiger partial charge in [-0.1, -0.05) is 6.07 Å². The number of anilines is 3. The molecule has 0 unspecified atom stereocenters. The van der Waals surface area contributed by atoms with Crippen LogP contribution in [0.2, 0.25) is 0 Å². The minimum Gasteiger partial charge on any atom is -0.367 e. The predicted molar refractivity (Wildman–Crippen MR) is 150 cm³/mol. The second-order valence-electron chi connectivity index (χ2n) is 10.2. The molecule has 0 aliphatic carbocycles. The van der Waals surface area contributed by atoms with Crippen molar-refractivity contribution in [2.75, 3.05) is 54.6 Å². The molecule has 0 bridgehead atoms. The summed E-state index contributed by atoms with van der Waals surface area (Å²) in [7, 11) is 1.84. The number of benzene rings is 2. The van der Waals surface area contributed by atoms with Gasteiger partial charge in [-0.15, -0.1) is 5.53 Å². The van der Waals surface area contributed by atoms with Gasteiger partial charge in [0.05, 0.1) is 28.8 Å². The van der Waals surface area contributed by atoms with Gasteiger partial charge in [-0.05, 0) is 43.7 Å². The number of hydrogen-bond acceptors (Lipinski definition) is 7.